The Kier molecular flexibility index (Phi) is 7.11. The van der Waals surface area contributed by atoms with Gasteiger partial charge in [-0.05, 0) is 35.3 Å². The molecule has 1 N–H and O–H groups in total. The Hall–Kier alpha value is -0.470. The van der Waals surface area contributed by atoms with E-state index in [4.69, 9.17) is 0 Å². The first kappa shape index (κ1) is 17.6. The van der Waals surface area contributed by atoms with Gasteiger partial charge in [0.25, 0.3) is 0 Å². The van der Waals surface area contributed by atoms with E-state index in [-0.39, 0.29) is 5.41 Å². The molecule has 2 atom stereocenters. The maximum atomic E-state index is 3.45. The Balaban J connectivity index is 2.61. The first-order valence-corrected chi connectivity index (χ1v) is 8.89. The van der Waals surface area contributed by atoms with Gasteiger partial charge in [0.05, 0.1) is 0 Å². The molecule has 1 nitrogen and oxygen atoms in total. The lowest BCUT2D eigenvalue weighted by Gasteiger charge is -2.21. The van der Waals surface area contributed by atoms with E-state index in [1.165, 1.54) is 23.3 Å². The molecule has 1 aromatic rings. The standard InChI is InChI=1S/C18H31NS/c1-7-14(2)12-20-13-17(19-6)15-8-10-16(11-9-15)18(3,4)5/h8-11,14,17,19H,7,12-13H2,1-6H3. The van der Waals surface area contributed by atoms with Crippen molar-refractivity contribution in [1.82, 2.24) is 5.32 Å². The fourth-order valence-corrected chi connectivity index (χ4v) is 3.44. The Bertz CT molecular complexity index is 377. The van der Waals surface area contributed by atoms with E-state index in [1.54, 1.807) is 0 Å². The summed E-state index contributed by atoms with van der Waals surface area (Å²) in [6.07, 6.45) is 1.28. The SMILES string of the molecule is CCC(C)CSCC(NC)c1ccc(C(C)(C)C)cc1. The molecule has 2 unspecified atom stereocenters. The molecule has 1 aromatic carbocycles. The van der Waals surface area contributed by atoms with Gasteiger partial charge >= 0.3 is 0 Å². The van der Waals surface area contributed by atoms with Crippen LogP contribution in [0.4, 0.5) is 0 Å². The van der Waals surface area contributed by atoms with Gasteiger partial charge in [0, 0.05) is 11.8 Å². The van der Waals surface area contributed by atoms with Gasteiger partial charge in [-0.3, -0.25) is 0 Å². The zero-order chi connectivity index (χ0) is 15.2. The van der Waals surface area contributed by atoms with Crippen LogP contribution in [0.1, 0.15) is 58.2 Å². The second-order valence-corrected chi connectivity index (χ2v) is 7.84. The summed E-state index contributed by atoms with van der Waals surface area (Å²) < 4.78 is 0. The number of benzene rings is 1. The average molecular weight is 294 g/mol. The maximum Gasteiger partial charge on any atom is 0.0409 e. The number of hydrogen-bond donors (Lipinski definition) is 1. The third-order valence-corrected chi connectivity index (χ3v) is 5.29. The summed E-state index contributed by atoms with van der Waals surface area (Å²) >= 11 is 2.06. The van der Waals surface area contributed by atoms with Crippen LogP contribution >= 0.6 is 11.8 Å². The van der Waals surface area contributed by atoms with Crippen molar-refractivity contribution in [3.8, 4) is 0 Å². The van der Waals surface area contributed by atoms with Crippen LogP contribution in [0.25, 0.3) is 0 Å². The van der Waals surface area contributed by atoms with Crippen molar-refractivity contribution in [2.24, 2.45) is 5.92 Å². The molecular formula is C18H31NS. The van der Waals surface area contributed by atoms with Crippen LogP contribution in [0, 0.1) is 5.92 Å². The smallest absolute Gasteiger partial charge is 0.0409 e. The van der Waals surface area contributed by atoms with Crippen LogP contribution in [-0.4, -0.2) is 18.6 Å². The summed E-state index contributed by atoms with van der Waals surface area (Å²) in [5, 5.41) is 3.45. The predicted octanol–water partition coefficient (Wildman–Crippen LogP) is 5.02. The molecular weight excluding hydrogens is 262 g/mol. The van der Waals surface area contributed by atoms with E-state index >= 15 is 0 Å². The lowest BCUT2D eigenvalue weighted by atomic mass is 9.86. The highest BCUT2D eigenvalue weighted by atomic mass is 32.2. The van der Waals surface area contributed by atoms with Crippen LogP contribution in [-0.2, 0) is 5.41 Å². The normalized spacial score (nSPS) is 15.1. The van der Waals surface area contributed by atoms with Gasteiger partial charge in [0.15, 0.2) is 0 Å². The van der Waals surface area contributed by atoms with Crippen molar-refractivity contribution in [1.29, 1.82) is 0 Å². The summed E-state index contributed by atoms with van der Waals surface area (Å²) in [5.41, 5.74) is 3.04. The highest BCUT2D eigenvalue weighted by molar-refractivity contribution is 7.99. The van der Waals surface area contributed by atoms with Crippen LogP contribution in [0.15, 0.2) is 24.3 Å². The van der Waals surface area contributed by atoms with E-state index in [0.717, 1.165) is 11.7 Å². The molecule has 0 bridgehead atoms. The molecule has 0 aromatic heterocycles. The summed E-state index contributed by atoms with van der Waals surface area (Å²) in [6, 6.07) is 9.58. The molecule has 0 saturated heterocycles. The molecule has 0 radical (unpaired) electrons. The van der Waals surface area contributed by atoms with E-state index < -0.39 is 0 Å². The minimum atomic E-state index is 0.235. The zero-order valence-electron chi connectivity index (χ0n) is 14.0. The van der Waals surface area contributed by atoms with Gasteiger partial charge in [-0.1, -0.05) is 65.3 Å². The number of hydrogen-bond acceptors (Lipinski definition) is 2. The third kappa shape index (κ3) is 5.49. The first-order valence-electron chi connectivity index (χ1n) is 7.74. The fraction of sp³-hybridized carbons (Fsp3) is 0.667. The Morgan fingerprint density at radius 2 is 1.70 bits per heavy atom. The van der Waals surface area contributed by atoms with Gasteiger partial charge in [-0.15, -0.1) is 0 Å². The third-order valence-electron chi connectivity index (χ3n) is 3.91. The molecule has 0 aliphatic rings. The first-order chi connectivity index (χ1) is 9.38. The quantitative estimate of drug-likeness (QED) is 0.757. The monoisotopic (exact) mass is 293 g/mol. The molecule has 114 valence electrons. The molecule has 0 fully saturated rings. The van der Waals surface area contributed by atoms with Gasteiger partial charge in [0.2, 0.25) is 0 Å². The second-order valence-electron chi connectivity index (χ2n) is 6.76. The highest BCUT2D eigenvalue weighted by Crippen LogP contribution is 2.25. The average Bonchev–Trinajstić information content (AvgIpc) is 2.42. The number of nitrogens with one attached hydrogen (secondary N) is 1. The molecule has 20 heavy (non-hydrogen) atoms. The minimum Gasteiger partial charge on any atom is -0.312 e. The van der Waals surface area contributed by atoms with Crippen molar-refractivity contribution in [3.05, 3.63) is 35.4 Å². The molecule has 0 aliphatic carbocycles. The number of thioether (sulfide) groups is 1. The predicted molar refractivity (Wildman–Crippen MR) is 93.7 cm³/mol. The van der Waals surface area contributed by atoms with Crippen LogP contribution < -0.4 is 5.32 Å². The zero-order valence-corrected chi connectivity index (χ0v) is 14.8. The van der Waals surface area contributed by atoms with Crippen molar-refractivity contribution < 1.29 is 0 Å². The van der Waals surface area contributed by atoms with Crippen LogP contribution in [0.2, 0.25) is 0 Å². The Morgan fingerprint density at radius 1 is 1.10 bits per heavy atom. The van der Waals surface area contributed by atoms with E-state index in [2.05, 4.69) is 83.0 Å². The minimum absolute atomic E-state index is 0.235. The molecule has 2 heteroatoms. The Morgan fingerprint density at radius 3 is 2.15 bits per heavy atom. The van der Waals surface area contributed by atoms with E-state index in [9.17, 15) is 0 Å². The van der Waals surface area contributed by atoms with Crippen LogP contribution in [0.3, 0.4) is 0 Å². The highest BCUT2D eigenvalue weighted by Gasteiger charge is 2.15. The van der Waals surface area contributed by atoms with Gasteiger partial charge in [0.1, 0.15) is 0 Å². The van der Waals surface area contributed by atoms with Gasteiger partial charge in [-0.2, -0.15) is 11.8 Å². The van der Waals surface area contributed by atoms with Crippen molar-refractivity contribution in [2.75, 3.05) is 18.6 Å². The molecule has 0 spiro atoms. The van der Waals surface area contributed by atoms with E-state index in [1.807, 2.05) is 0 Å². The Labute approximate surface area is 129 Å². The molecule has 0 saturated carbocycles. The maximum absolute atomic E-state index is 3.45. The van der Waals surface area contributed by atoms with Crippen LogP contribution in [0.5, 0.6) is 0 Å². The molecule has 0 amide bonds. The summed E-state index contributed by atoms with van der Waals surface area (Å²) in [5.74, 6) is 3.23. The molecule has 0 aliphatic heterocycles. The van der Waals surface area contributed by atoms with Crippen molar-refractivity contribution in [2.45, 2.75) is 52.5 Å². The largest absolute Gasteiger partial charge is 0.312 e. The lowest BCUT2D eigenvalue weighted by molar-refractivity contribution is 0.588. The summed E-state index contributed by atoms with van der Waals surface area (Å²) in [4.78, 5) is 0. The summed E-state index contributed by atoms with van der Waals surface area (Å²) in [6.45, 7) is 11.4. The van der Waals surface area contributed by atoms with Gasteiger partial charge in [-0.25, -0.2) is 0 Å². The topological polar surface area (TPSA) is 12.0 Å². The van der Waals surface area contributed by atoms with E-state index in [0.29, 0.717) is 6.04 Å². The lowest BCUT2D eigenvalue weighted by Crippen LogP contribution is -2.20. The second kappa shape index (κ2) is 8.09. The van der Waals surface area contributed by atoms with Crippen molar-refractivity contribution >= 4 is 11.8 Å². The van der Waals surface area contributed by atoms with Gasteiger partial charge < -0.3 is 5.32 Å². The molecule has 1 rings (SSSR count). The fourth-order valence-electron chi connectivity index (χ4n) is 2.07. The number of rotatable bonds is 7. The summed E-state index contributed by atoms with van der Waals surface area (Å²) in [7, 11) is 2.06. The molecule has 0 heterocycles. The van der Waals surface area contributed by atoms with Crippen molar-refractivity contribution in [3.63, 3.8) is 0 Å².